The van der Waals surface area contributed by atoms with Crippen LogP contribution in [-0.4, -0.2) is 34.9 Å². The fraction of sp³-hybridized carbons (Fsp3) is 0.435. The van der Waals surface area contributed by atoms with Crippen LogP contribution in [0.5, 0.6) is 0 Å². The highest BCUT2D eigenvalue weighted by molar-refractivity contribution is 6.10. The zero-order valence-electron chi connectivity index (χ0n) is 17.6. The maximum atomic E-state index is 13.2. The number of aromatic nitrogens is 2. The SMILES string of the molecule is CCCc1cnc2c(C(=O)Cc3cnccc3N3C[C@H](C)C[C@H](N)C3)c(N)oc2c1. The molecule has 30 heavy (non-hydrogen) atoms. The molecule has 0 saturated carbocycles. The highest BCUT2D eigenvalue weighted by atomic mass is 16.3. The first-order valence-corrected chi connectivity index (χ1v) is 10.6. The van der Waals surface area contributed by atoms with Crippen LogP contribution in [0.2, 0.25) is 0 Å². The van der Waals surface area contributed by atoms with E-state index in [1.807, 2.05) is 12.1 Å². The molecule has 0 spiro atoms. The lowest BCUT2D eigenvalue weighted by Gasteiger charge is -2.37. The Balaban J connectivity index is 1.63. The summed E-state index contributed by atoms with van der Waals surface area (Å²) in [6.45, 7) is 6.00. The van der Waals surface area contributed by atoms with E-state index in [0.29, 0.717) is 22.6 Å². The van der Waals surface area contributed by atoms with Crippen LogP contribution in [0.25, 0.3) is 11.1 Å². The largest absolute Gasteiger partial charge is 0.438 e. The fourth-order valence-corrected chi connectivity index (χ4v) is 4.45. The van der Waals surface area contributed by atoms with Crippen molar-refractivity contribution in [1.29, 1.82) is 0 Å². The van der Waals surface area contributed by atoms with Crippen molar-refractivity contribution in [3.05, 3.63) is 47.4 Å². The van der Waals surface area contributed by atoms with E-state index in [-0.39, 0.29) is 24.1 Å². The number of rotatable bonds is 6. The Hall–Kier alpha value is -2.93. The van der Waals surface area contributed by atoms with Gasteiger partial charge >= 0.3 is 0 Å². The maximum Gasteiger partial charge on any atom is 0.204 e. The quantitative estimate of drug-likeness (QED) is 0.603. The number of hydrogen-bond donors (Lipinski definition) is 2. The first kappa shape index (κ1) is 20.3. The van der Waals surface area contributed by atoms with Gasteiger partial charge in [-0.3, -0.25) is 14.8 Å². The third-order valence-electron chi connectivity index (χ3n) is 5.69. The number of nitrogen functional groups attached to an aromatic ring is 1. The van der Waals surface area contributed by atoms with Crippen LogP contribution in [-0.2, 0) is 12.8 Å². The molecule has 2 atom stereocenters. The molecule has 1 saturated heterocycles. The molecule has 0 unspecified atom stereocenters. The standard InChI is InChI=1S/C23H29N5O2/c1-3-4-15-8-20-22(27-10-15)21(23(25)30-20)19(29)9-16-11-26-6-5-18(16)28-12-14(2)7-17(24)13-28/h5-6,8,10-11,14,17H,3-4,7,9,12-13,24-25H2,1-2H3/t14-,17+/m1/s1. The first-order valence-electron chi connectivity index (χ1n) is 10.6. The van der Waals surface area contributed by atoms with Gasteiger partial charge in [-0.05, 0) is 36.5 Å². The number of furan rings is 1. The zero-order valence-corrected chi connectivity index (χ0v) is 17.6. The highest BCUT2D eigenvalue weighted by Crippen LogP contribution is 2.31. The Morgan fingerprint density at radius 2 is 2.17 bits per heavy atom. The summed E-state index contributed by atoms with van der Waals surface area (Å²) in [4.78, 5) is 24.2. The van der Waals surface area contributed by atoms with Gasteiger partial charge in [0.15, 0.2) is 11.4 Å². The van der Waals surface area contributed by atoms with E-state index in [1.54, 1.807) is 18.6 Å². The molecule has 0 aliphatic carbocycles. The number of ketones is 1. The Kier molecular flexibility index (Phi) is 5.72. The van der Waals surface area contributed by atoms with E-state index in [9.17, 15) is 4.79 Å². The number of piperidine rings is 1. The normalized spacial score (nSPS) is 19.4. The number of nitrogens with two attached hydrogens (primary N) is 2. The van der Waals surface area contributed by atoms with Crippen molar-refractivity contribution in [3.8, 4) is 0 Å². The number of fused-ring (bicyclic) bond motifs is 1. The summed E-state index contributed by atoms with van der Waals surface area (Å²) in [7, 11) is 0. The Morgan fingerprint density at radius 1 is 1.33 bits per heavy atom. The summed E-state index contributed by atoms with van der Waals surface area (Å²) in [5.74, 6) is 0.501. The fourth-order valence-electron chi connectivity index (χ4n) is 4.45. The lowest BCUT2D eigenvalue weighted by molar-refractivity contribution is 0.0994. The van der Waals surface area contributed by atoms with Crippen LogP contribution in [0.1, 0.15) is 48.2 Å². The summed E-state index contributed by atoms with van der Waals surface area (Å²) in [5, 5.41) is 0. The molecule has 158 valence electrons. The number of carbonyl (C=O) groups is 1. The van der Waals surface area contributed by atoms with Crippen molar-refractivity contribution in [2.24, 2.45) is 11.7 Å². The second kappa shape index (κ2) is 8.44. The third-order valence-corrected chi connectivity index (χ3v) is 5.69. The number of Topliss-reactive ketones (excluding diaryl/α,β-unsaturated/α-hetero) is 1. The van der Waals surface area contributed by atoms with Gasteiger partial charge in [-0.2, -0.15) is 0 Å². The molecule has 0 bridgehead atoms. The molecule has 4 heterocycles. The third kappa shape index (κ3) is 4.03. The number of nitrogens with zero attached hydrogens (tertiary/aromatic N) is 3. The van der Waals surface area contributed by atoms with Crippen molar-refractivity contribution in [1.82, 2.24) is 9.97 Å². The number of pyridine rings is 2. The van der Waals surface area contributed by atoms with Crippen molar-refractivity contribution in [2.75, 3.05) is 23.7 Å². The number of hydrogen-bond acceptors (Lipinski definition) is 7. The van der Waals surface area contributed by atoms with Crippen LogP contribution in [0.4, 0.5) is 11.6 Å². The van der Waals surface area contributed by atoms with E-state index in [4.69, 9.17) is 15.9 Å². The van der Waals surface area contributed by atoms with Gasteiger partial charge in [0.25, 0.3) is 0 Å². The molecule has 4 rings (SSSR count). The Morgan fingerprint density at radius 3 is 2.93 bits per heavy atom. The highest BCUT2D eigenvalue weighted by Gasteiger charge is 2.26. The minimum atomic E-state index is -0.120. The minimum Gasteiger partial charge on any atom is -0.438 e. The van der Waals surface area contributed by atoms with Gasteiger partial charge < -0.3 is 20.8 Å². The Bertz CT molecular complexity index is 1050. The lowest BCUT2D eigenvalue weighted by atomic mass is 9.95. The molecule has 0 amide bonds. The zero-order chi connectivity index (χ0) is 21.3. The molecule has 3 aromatic heterocycles. The van der Waals surface area contributed by atoms with Crippen molar-refractivity contribution < 1.29 is 9.21 Å². The summed E-state index contributed by atoms with van der Waals surface area (Å²) in [5.41, 5.74) is 16.7. The summed E-state index contributed by atoms with van der Waals surface area (Å²) in [6.07, 6.45) is 8.42. The average Bonchev–Trinajstić information content (AvgIpc) is 3.03. The smallest absolute Gasteiger partial charge is 0.204 e. The van der Waals surface area contributed by atoms with E-state index >= 15 is 0 Å². The van der Waals surface area contributed by atoms with Gasteiger partial charge in [-0.15, -0.1) is 0 Å². The molecule has 1 aliphatic heterocycles. The molecular formula is C23H29N5O2. The molecule has 0 aromatic carbocycles. The topological polar surface area (TPSA) is 111 Å². The van der Waals surface area contributed by atoms with E-state index in [0.717, 1.165) is 49.2 Å². The van der Waals surface area contributed by atoms with Gasteiger partial charge in [-0.25, -0.2) is 0 Å². The van der Waals surface area contributed by atoms with Gasteiger partial charge in [-0.1, -0.05) is 20.3 Å². The van der Waals surface area contributed by atoms with Crippen LogP contribution in [0.3, 0.4) is 0 Å². The predicted molar refractivity (Wildman–Crippen MR) is 119 cm³/mol. The summed E-state index contributed by atoms with van der Waals surface area (Å²) < 4.78 is 5.67. The number of aryl methyl sites for hydroxylation is 1. The van der Waals surface area contributed by atoms with E-state index in [1.165, 1.54) is 0 Å². The molecule has 7 heteroatoms. The monoisotopic (exact) mass is 407 g/mol. The summed E-state index contributed by atoms with van der Waals surface area (Å²) >= 11 is 0. The molecule has 3 aromatic rings. The second-order valence-electron chi connectivity index (χ2n) is 8.39. The lowest BCUT2D eigenvalue weighted by Crippen LogP contribution is -2.46. The average molecular weight is 408 g/mol. The van der Waals surface area contributed by atoms with Crippen LogP contribution >= 0.6 is 0 Å². The van der Waals surface area contributed by atoms with Crippen LogP contribution < -0.4 is 16.4 Å². The minimum absolute atomic E-state index is 0.120. The van der Waals surface area contributed by atoms with Crippen molar-refractivity contribution in [2.45, 2.75) is 45.6 Å². The number of anilines is 2. The predicted octanol–water partition coefficient (Wildman–Crippen LogP) is 3.36. The van der Waals surface area contributed by atoms with Crippen molar-refractivity contribution in [3.63, 3.8) is 0 Å². The first-order chi connectivity index (χ1) is 14.5. The molecular weight excluding hydrogens is 378 g/mol. The maximum absolute atomic E-state index is 13.2. The molecule has 1 fully saturated rings. The Labute approximate surface area is 176 Å². The summed E-state index contributed by atoms with van der Waals surface area (Å²) in [6, 6.07) is 4.00. The van der Waals surface area contributed by atoms with Crippen LogP contribution in [0.15, 0.2) is 35.1 Å². The molecule has 1 aliphatic rings. The van der Waals surface area contributed by atoms with Gasteiger partial charge in [0.1, 0.15) is 11.1 Å². The molecule has 0 radical (unpaired) electrons. The van der Waals surface area contributed by atoms with Gasteiger partial charge in [0.05, 0.1) is 0 Å². The van der Waals surface area contributed by atoms with E-state index in [2.05, 4.69) is 28.7 Å². The van der Waals surface area contributed by atoms with Crippen LogP contribution in [0, 0.1) is 5.92 Å². The van der Waals surface area contributed by atoms with Gasteiger partial charge in [0.2, 0.25) is 5.88 Å². The molecule has 7 nitrogen and oxygen atoms in total. The second-order valence-corrected chi connectivity index (χ2v) is 8.39. The van der Waals surface area contributed by atoms with Gasteiger partial charge in [0, 0.05) is 55.4 Å². The number of carbonyl (C=O) groups excluding carboxylic acids is 1. The van der Waals surface area contributed by atoms with E-state index < -0.39 is 0 Å². The van der Waals surface area contributed by atoms with Crippen molar-refractivity contribution >= 4 is 28.5 Å². The molecule has 4 N–H and O–H groups in total.